The molecule has 1 aromatic rings. The first kappa shape index (κ1) is 9.06. The summed E-state index contributed by atoms with van der Waals surface area (Å²) in [5.41, 5.74) is -0.152. The largest absolute Gasteiger partial charge is 0.478 e. The topological polar surface area (TPSA) is 46.5 Å². The maximum atomic E-state index is 11.1. The minimum Gasteiger partial charge on any atom is -0.478 e. The van der Waals surface area contributed by atoms with Crippen molar-refractivity contribution in [2.24, 2.45) is 0 Å². The molecule has 0 unspecified atom stereocenters. The van der Waals surface area contributed by atoms with Crippen LogP contribution >= 0.6 is 0 Å². The molecule has 0 aliphatic carbocycles. The Morgan fingerprint density at radius 1 is 1.50 bits per heavy atom. The summed E-state index contributed by atoms with van der Waals surface area (Å²) < 4.78 is 5.47. The molecule has 1 aliphatic rings. The molecule has 3 nitrogen and oxygen atoms in total. The summed E-state index contributed by atoms with van der Waals surface area (Å²) in [4.78, 5) is 11.1. The third-order valence-electron chi connectivity index (χ3n) is 2.96. The molecule has 0 amide bonds. The maximum Gasteiger partial charge on any atom is 0.348 e. The molecule has 2 atom stereocenters. The van der Waals surface area contributed by atoms with Crippen LogP contribution in [-0.2, 0) is 4.79 Å². The van der Waals surface area contributed by atoms with Crippen LogP contribution in [0.1, 0.15) is 25.3 Å². The summed E-state index contributed by atoms with van der Waals surface area (Å²) in [5, 5.41) is 9.09. The predicted octanol–water partition coefficient (Wildman–Crippen LogP) is 2.03. The van der Waals surface area contributed by atoms with Gasteiger partial charge in [0.2, 0.25) is 5.60 Å². The highest BCUT2D eigenvalue weighted by atomic mass is 16.5. The zero-order valence-electron chi connectivity index (χ0n) is 8.15. The number of aliphatic carboxylic acids is 1. The molecule has 1 heterocycles. The highest BCUT2D eigenvalue weighted by molar-refractivity contribution is 5.80. The van der Waals surface area contributed by atoms with Crippen molar-refractivity contribution < 1.29 is 14.6 Å². The number of carboxylic acid groups (broad SMARTS) is 1. The number of benzene rings is 1. The van der Waals surface area contributed by atoms with Crippen LogP contribution < -0.4 is 4.74 Å². The third kappa shape index (κ3) is 1.02. The average Bonchev–Trinajstić information content (AvgIpc) is 2.42. The maximum absolute atomic E-state index is 11.1. The summed E-state index contributed by atoms with van der Waals surface area (Å²) in [6, 6.07) is 7.46. The Hall–Kier alpha value is -1.51. The summed E-state index contributed by atoms with van der Waals surface area (Å²) in [5.74, 6) is -0.345. The molecule has 0 radical (unpaired) electrons. The average molecular weight is 192 g/mol. The highest BCUT2D eigenvalue weighted by Gasteiger charge is 2.48. The van der Waals surface area contributed by atoms with Gasteiger partial charge in [0.25, 0.3) is 0 Å². The first-order chi connectivity index (χ1) is 6.55. The fourth-order valence-corrected chi connectivity index (χ4v) is 1.77. The van der Waals surface area contributed by atoms with E-state index in [2.05, 4.69) is 0 Å². The third-order valence-corrected chi connectivity index (χ3v) is 2.96. The van der Waals surface area contributed by atoms with E-state index in [4.69, 9.17) is 9.84 Å². The highest BCUT2D eigenvalue weighted by Crippen LogP contribution is 2.44. The van der Waals surface area contributed by atoms with Crippen LogP contribution in [0.5, 0.6) is 5.75 Å². The summed E-state index contributed by atoms with van der Waals surface area (Å²) in [6.07, 6.45) is 0. The first-order valence-corrected chi connectivity index (χ1v) is 4.57. The van der Waals surface area contributed by atoms with E-state index in [1.165, 1.54) is 0 Å². The van der Waals surface area contributed by atoms with Gasteiger partial charge >= 0.3 is 5.97 Å². The molecule has 0 fully saturated rings. The predicted molar refractivity (Wildman–Crippen MR) is 51.5 cm³/mol. The van der Waals surface area contributed by atoms with Crippen molar-refractivity contribution in [2.75, 3.05) is 0 Å². The van der Waals surface area contributed by atoms with E-state index in [-0.39, 0.29) is 5.92 Å². The molecule has 0 saturated heterocycles. The second-order valence-corrected chi connectivity index (χ2v) is 3.77. The number of ether oxygens (including phenoxy) is 1. The summed E-state index contributed by atoms with van der Waals surface area (Å²) >= 11 is 0. The first-order valence-electron chi connectivity index (χ1n) is 4.57. The fourth-order valence-electron chi connectivity index (χ4n) is 1.77. The van der Waals surface area contributed by atoms with Gasteiger partial charge in [-0.3, -0.25) is 0 Å². The number of para-hydroxylation sites is 1. The Balaban J connectivity index is 2.48. The van der Waals surface area contributed by atoms with Gasteiger partial charge in [-0.2, -0.15) is 0 Å². The Labute approximate surface area is 82.3 Å². The molecule has 1 N–H and O–H groups in total. The van der Waals surface area contributed by atoms with Crippen molar-refractivity contribution in [1.82, 2.24) is 0 Å². The van der Waals surface area contributed by atoms with Crippen molar-refractivity contribution in [2.45, 2.75) is 25.4 Å². The SMILES string of the molecule is C[C@H]1c2ccccc2O[C@@]1(C)C(=O)O. The lowest BCUT2D eigenvalue weighted by Gasteiger charge is -2.23. The summed E-state index contributed by atoms with van der Waals surface area (Å²) in [7, 11) is 0. The van der Waals surface area contributed by atoms with E-state index in [0.717, 1.165) is 5.56 Å². The minimum atomic E-state index is -1.12. The van der Waals surface area contributed by atoms with E-state index < -0.39 is 11.6 Å². The molecule has 14 heavy (non-hydrogen) atoms. The van der Waals surface area contributed by atoms with Gasteiger partial charge < -0.3 is 9.84 Å². The van der Waals surface area contributed by atoms with E-state index in [1.54, 1.807) is 13.0 Å². The monoisotopic (exact) mass is 192 g/mol. The Morgan fingerprint density at radius 2 is 2.14 bits per heavy atom. The molecule has 0 aromatic heterocycles. The molecule has 0 bridgehead atoms. The standard InChI is InChI=1S/C11H12O3/c1-7-8-5-3-4-6-9(8)14-11(7,2)10(12)13/h3-7H,1-2H3,(H,12,13)/t7-,11+/m0/s1. The van der Waals surface area contributed by atoms with Crippen LogP contribution in [0.15, 0.2) is 24.3 Å². The Morgan fingerprint density at radius 3 is 2.71 bits per heavy atom. The molecule has 0 saturated carbocycles. The van der Waals surface area contributed by atoms with Gasteiger partial charge in [-0.15, -0.1) is 0 Å². The molecular formula is C11H12O3. The van der Waals surface area contributed by atoms with Crippen molar-refractivity contribution in [1.29, 1.82) is 0 Å². The zero-order chi connectivity index (χ0) is 10.3. The molecule has 1 aliphatic heterocycles. The van der Waals surface area contributed by atoms with E-state index in [1.807, 2.05) is 25.1 Å². The van der Waals surface area contributed by atoms with Gasteiger partial charge in [-0.25, -0.2) is 4.79 Å². The van der Waals surface area contributed by atoms with Gasteiger partial charge in [0.05, 0.1) is 0 Å². The lowest BCUT2D eigenvalue weighted by atomic mass is 9.87. The van der Waals surface area contributed by atoms with Gasteiger partial charge in [0, 0.05) is 11.5 Å². The number of hydrogen-bond donors (Lipinski definition) is 1. The van der Waals surface area contributed by atoms with Crippen molar-refractivity contribution in [3.63, 3.8) is 0 Å². The molecular weight excluding hydrogens is 180 g/mol. The fraction of sp³-hybridized carbons (Fsp3) is 0.364. The van der Waals surface area contributed by atoms with Crippen molar-refractivity contribution >= 4 is 5.97 Å². The van der Waals surface area contributed by atoms with Crippen LogP contribution in [0, 0.1) is 0 Å². The second kappa shape index (κ2) is 2.74. The summed E-state index contributed by atoms with van der Waals surface area (Å²) in [6.45, 7) is 3.49. The molecule has 3 heteroatoms. The number of carboxylic acids is 1. The molecule has 0 spiro atoms. The lowest BCUT2D eigenvalue weighted by molar-refractivity contribution is -0.153. The number of fused-ring (bicyclic) bond motifs is 1. The normalized spacial score (nSPS) is 29.4. The van der Waals surface area contributed by atoms with E-state index in [0.29, 0.717) is 5.75 Å². The van der Waals surface area contributed by atoms with Gasteiger partial charge in [0.1, 0.15) is 5.75 Å². The smallest absolute Gasteiger partial charge is 0.348 e. The van der Waals surface area contributed by atoms with Crippen LogP contribution in [0.4, 0.5) is 0 Å². The zero-order valence-corrected chi connectivity index (χ0v) is 8.15. The van der Waals surface area contributed by atoms with Gasteiger partial charge in [0.15, 0.2) is 0 Å². The quantitative estimate of drug-likeness (QED) is 0.740. The molecule has 2 rings (SSSR count). The number of rotatable bonds is 1. The van der Waals surface area contributed by atoms with E-state index >= 15 is 0 Å². The van der Waals surface area contributed by atoms with Gasteiger partial charge in [-0.1, -0.05) is 25.1 Å². The van der Waals surface area contributed by atoms with Crippen LogP contribution in [-0.4, -0.2) is 16.7 Å². The van der Waals surface area contributed by atoms with Gasteiger partial charge in [-0.05, 0) is 13.0 Å². The minimum absolute atomic E-state index is 0.115. The lowest BCUT2D eigenvalue weighted by Crippen LogP contribution is -2.42. The number of hydrogen-bond acceptors (Lipinski definition) is 2. The second-order valence-electron chi connectivity index (χ2n) is 3.77. The number of carbonyl (C=O) groups is 1. The van der Waals surface area contributed by atoms with Crippen molar-refractivity contribution in [3.05, 3.63) is 29.8 Å². The Kier molecular flexibility index (Phi) is 1.77. The Bertz CT molecular complexity index is 386. The molecule has 1 aromatic carbocycles. The van der Waals surface area contributed by atoms with Crippen LogP contribution in [0.25, 0.3) is 0 Å². The van der Waals surface area contributed by atoms with Crippen LogP contribution in [0.2, 0.25) is 0 Å². The van der Waals surface area contributed by atoms with E-state index in [9.17, 15) is 4.79 Å². The molecule has 74 valence electrons. The van der Waals surface area contributed by atoms with Crippen molar-refractivity contribution in [3.8, 4) is 5.75 Å². The van der Waals surface area contributed by atoms with Crippen LogP contribution in [0.3, 0.4) is 0 Å².